The minimum atomic E-state index is -1.04. The van der Waals surface area contributed by atoms with Crippen LogP contribution in [0.1, 0.15) is 54.7 Å². The van der Waals surface area contributed by atoms with E-state index in [2.05, 4.69) is 0 Å². The summed E-state index contributed by atoms with van der Waals surface area (Å²) >= 11 is 0. The van der Waals surface area contributed by atoms with Crippen LogP contribution in [-0.2, 0) is 16.8 Å². The van der Waals surface area contributed by atoms with E-state index < -0.39 is 17.2 Å². The fraction of sp³-hybridized carbons (Fsp3) is 0.346. The van der Waals surface area contributed by atoms with Gasteiger partial charge in [-0.25, -0.2) is 9.18 Å². The van der Waals surface area contributed by atoms with Crippen LogP contribution in [0, 0.1) is 11.2 Å². The Hall–Kier alpha value is -3.68. The van der Waals surface area contributed by atoms with E-state index in [4.69, 9.17) is 20.0 Å². The van der Waals surface area contributed by atoms with Gasteiger partial charge in [-0.3, -0.25) is 10.2 Å². The van der Waals surface area contributed by atoms with E-state index in [1.807, 2.05) is 19.9 Å². The van der Waals surface area contributed by atoms with Gasteiger partial charge in [-0.2, -0.15) is 0 Å². The van der Waals surface area contributed by atoms with Crippen molar-refractivity contribution >= 4 is 17.6 Å². The first-order valence-electron chi connectivity index (χ1n) is 11.1. The van der Waals surface area contributed by atoms with E-state index in [0.29, 0.717) is 17.7 Å². The third-order valence-corrected chi connectivity index (χ3v) is 5.68. The Morgan fingerprint density at radius 1 is 1.21 bits per heavy atom. The predicted octanol–water partition coefficient (Wildman–Crippen LogP) is 4.57. The first-order chi connectivity index (χ1) is 16.1. The normalized spacial score (nSPS) is 13.3. The number of carbonyl (C=O) groups is 2. The number of benzene rings is 2. The van der Waals surface area contributed by atoms with Gasteiger partial charge < -0.3 is 19.5 Å². The van der Waals surface area contributed by atoms with Gasteiger partial charge in [0.2, 0.25) is 0 Å². The van der Waals surface area contributed by atoms with Crippen LogP contribution in [0.5, 0.6) is 11.5 Å². The van der Waals surface area contributed by atoms with Gasteiger partial charge in [-0.15, -0.1) is 0 Å². The Labute approximate surface area is 198 Å². The highest BCUT2D eigenvalue weighted by Gasteiger charge is 2.33. The number of fused-ring (bicyclic) bond motifs is 1. The Bertz CT molecular complexity index is 1160. The van der Waals surface area contributed by atoms with Gasteiger partial charge in [0, 0.05) is 23.6 Å². The number of Topliss-reactive ketones (excluding diaryl/α,β-unsaturated/α-hetero) is 1. The molecule has 1 aliphatic rings. The molecule has 34 heavy (non-hydrogen) atoms. The fourth-order valence-corrected chi connectivity index (χ4v) is 3.89. The van der Waals surface area contributed by atoms with E-state index in [1.54, 1.807) is 44.2 Å². The van der Waals surface area contributed by atoms with Gasteiger partial charge in [-0.05, 0) is 37.1 Å². The number of nitrogens with one attached hydrogen (secondary N) is 1. The SMILES string of the molecule is CCOc1cc2c(c(F)c1OCC)C(=N)N(CC(=O)c1cccc(C(C)(C)/C=C/C(=O)O)c1)C2. The maximum atomic E-state index is 15.2. The Kier molecular flexibility index (Phi) is 7.39. The number of carbonyl (C=O) groups excluding carboxylic acids is 1. The van der Waals surface area contributed by atoms with Crippen LogP contribution in [0.3, 0.4) is 0 Å². The highest BCUT2D eigenvalue weighted by Crippen LogP contribution is 2.39. The van der Waals surface area contributed by atoms with Crippen molar-refractivity contribution in [1.82, 2.24) is 4.90 Å². The second-order valence-electron chi connectivity index (χ2n) is 8.52. The second kappa shape index (κ2) is 10.1. The minimum Gasteiger partial charge on any atom is -0.490 e. The summed E-state index contributed by atoms with van der Waals surface area (Å²) in [5.74, 6) is -1.74. The molecule has 2 N–H and O–H groups in total. The van der Waals surface area contributed by atoms with E-state index in [1.165, 1.54) is 4.90 Å². The smallest absolute Gasteiger partial charge is 0.328 e. The largest absolute Gasteiger partial charge is 0.490 e. The molecule has 0 bridgehead atoms. The zero-order chi connectivity index (χ0) is 25.0. The number of rotatable bonds is 10. The van der Waals surface area contributed by atoms with Gasteiger partial charge in [0.25, 0.3) is 0 Å². The molecule has 0 fully saturated rings. The average Bonchev–Trinajstić information content (AvgIpc) is 3.10. The molecule has 0 amide bonds. The number of amidine groups is 1. The van der Waals surface area contributed by atoms with Crippen LogP contribution in [-0.4, -0.2) is 47.4 Å². The first-order valence-corrected chi connectivity index (χ1v) is 11.1. The summed E-state index contributed by atoms with van der Waals surface area (Å²) in [5.41, 5.74) is 1.30. The summed E-state index contributed by atoms with van der Waals surface area (Å²) in [7, 11) is 0. The molecule has 0 spiro atoms. The molecular weight excluding hydrogens is 439 g/mol. The molecule has 2 aromatic rings. The number of aliphatic carboxylic acids is 1. The topological polar surface area (TPSA) is 99.9 Å². The second-order valence-corrected chi connectivity index (χ2v) is 8.52. The first kappa shape index (κ1) is 25.0. The van der Waals surface area contributed by atoms with E-state index in [0.717, 1.165) is 11.6 Å². The average molecular weight is 469 g/mol. The third-order valence-electron chi connectivity index (χ3n) is 5.68. The monoisotopic (exact) mass is 468 g/mol. The zero-order valence-electron chi connectivity index (χ0n) is 19.8. The summed E-state index contributed by atoms with van der Waals surface area (Å²) in [6, 6.07) is 8.64. The number of hydrogen-bond donors (Lipinski definition) is 2. The number of carboxylic acids is 1. The van der Waals surface area contributed by atoms with E-state index >= 15 is 4.39 Å². The maximum Gasteiger partial charge on any atom is 0.328 e. The van der Waals surface area contributed by atoms with Crippen molar-refractivity contribution in [1.29, 1.82) is 5.41 Å². The molecule has 0 aliphatic carbocycles. The summed E-state index contributed by atoms with van der Waals surface area (Å²) in [5, 5.41) is 17.4. The molecule has 0 saturated carbocycles. The number of carboxylic acid groups (broad SMARTS) is 1. The molecular formula is C26H29FN2O5. The summed E-state index contributed by atoms with van der Waals surface area (Å²) in [6.07, 6.45) is 2.65. The molecule has 0 unspecified atom stereocenters. The van der Waals surface area contributed by atoms with Crippen molar-refractivity contribution in [2.24, 2.45) is 0 Å². The number of hydrogen-bond acceptors (Lipinski definition) is 5. The molecule has 0 atom stereocenters. The molecule has 0 saturated heterocycles. The van der Waals surface area contributed by atoms with Crippen molar-refractivity contribution in [2.45, 2.75) is 39.7 Å². The zero-order valence-corrected chi connectivity index (χ0v) is 19.8. The van der Waals surface area contributed by atoms with Crippen LogP contribution in [0.2, 0.25) is 0 Å². The number of nitrogens with zero attached hydrogens (tertiary/aromatic N) is 1. The number of halogens is 1. The lowest BCUT2D eigenvalue weighted by atomic mass is 9.83. The predicted molar refractivity (Wildman–Crippen MR) is 127 cm³/mol. The van der Waals surface area contributed by atoms with Gasteiger partial charge in [0.15, 0.2) is 23.1 Å². The van der Waals surface area contributed by atoms with Crippen LogP contribution >= 0.6 is 0 Å². The summed E-state index contributed by atoms with van der Waals surface area (Å²) < 4.78 is 26.2. The Balaban J connectivity index is 1.84. The highest BCUT2D eigenvalue weighted by atomic mass is 19.1. The Morgan fingerprint density at radius 3 is 2.56 bits per heavy atom. The molecule has 3 rings (SSSR count). The van der Waals surface area contributed by atoms with Crippen molar-refractivity contribution in [3.63, 3.8) is 0 Å². The molecule has 180 valence electrons. The quantitative estimate of drug-likeness (QED) is 0.392. The molecule has 1 aliphatic heterocycles. The van der Waals surface area contributed by atoms with Crippen molar-refractivity contribution in [3.8, 4) is 11.5 Å². The lowest BCUT2D eigenvalue weighted by Gasteiger charge is -2.22. The maximum absolute atomic E-state index is 15.2. The van der Waals surface area contributed by atoms with E-state index in [9.17, 15) is 9.59 Å². The number of ether oxygens (including phenoxy) is 2. The number of ketones is 1. The summed E-state index contributed by atoms with van der Waals surface area (Å²) in [6.45, 7) is 7.94. The molecule has 8 heteroatoms. The van der Waals surface area contributed by atoms with Crippen LogP contribution in [0.4, 0.5) is 4.39 Å². The summed E-state index contributed by atoms with van der Waals surface area (Å²) in [4.78, 5) is 25.5. The van der Waals surface area contributed by atoms with Gasteiger partial charge in [0.1, 0.15) is 5.84 Å². The van der Waals surface area contributed by atoms with Crippen LogP contribution in [0.25, 0.3) is 0 Å². The minimum absolute atomic E-state index is 0.0228. The standard InChI is InChI=1S/C26H29FN2O5/c1-5-33-20-13-17-14-29(25(28)22(17)23(27)24(20)34-6-2)15-19(30)16-8-7-9-18(12-16)26(3,4)11-10-21(31)32/h7-13,28H,5-6,14-15H2,1-4H3,(H,31,32)/b11-10+,28-25?. The Morgan fingerprint density at radius 2 is 1.91 bits per heavy atom. The number of allylic oxidation sites excluding steroid dienone is 1. The molecule has 7 nitrogen and oxygen atoms in total. The molecule has 0 aromatic heterocycles. The van der Waals surface area contributed by atoms with Crippen molar-refractivity contribution < 1.29 is 28.6 Å². The van der Waals surface area contributed by atoms with Crippen LogP contribution < -0.4 is 9.47 Å². The van der Waals surface area contributed by atoms with Gasteiger partial charge >= 0.3 is 5.97 Å². The van der Waals surface area contributed by atoms with Crippen LogP contribution in [0.15, 0.2) is 42.5 Å². The third kappa shape index (κ3) is 5.11. The van der Waals surface area contributed by atoms with Gasteiger partial charge in [0.05, 0.1) is 25.3 Å². The lowest BCUT2D eigenvalue weighted by Crippen LogP contribution is -2.30. The fourth-order valence-electron chi connectivity index (χ4n) is 3.89. The van der Waals surface area contributed by atoms with Crippen molar-refractivity contribution in [2.75, 3.05) is 19.8 Å². The molecule has 0 radical (unpaired) electrons. The highest BCUT2D eigenvalue weighted by molar-refractivity contribution is 6.05. The van der Waals surface area contributed by atoms with Gasteiger partial charge in [-0.1, -0.05) is 38.1 Å². The molecule has 1 heterocycles. The van der Waals surface area contributed by atoms with E-state index in [-0.39, 0.29) is 48.4 Å². The molecule has 2 aromatic carbocycles. The van der Waals surface area contributed by atoms with Crippen molar-refractivity contribution in [3.05, 3.63) is 70.6 Å². The lowest BCUT2D eigenvalue weighted by molar-refractivity contribution is -0.131.